The number of nitrogens with one attached hydrogen (secondary N) is 2. The molecule has 1 fully saturated rings. The van der Waals surface area contributed by atoms with Crippen molar-refractivity contribution in [3.8, 4) is 22.9 Å². The molecule has 2 aliphatic rings. The number of ether oxygens (including phenoxy) is 2. The Kier molecular flexibility index (Phi) is 8.57. The van der Waals surface area contributed by atoms with Crippen LogP contribution in [0.5, 0.6) is 11.5 Å². The second-order valence-electron chi connectivity index (χ2n) is 9.11. The minimum Gasteiger partial charge on any atom is -0.495 e. The van der Waals surface area contributed by atoms with E-state index in [2.05, 4.69) is 59.1 Å². The first-order valence-corrected chi connectivity index (χ1v) is 13.6. The molecule has 3 heterocycles. The molecule has 0 amide bonds. The average molecular weight is 582 g/mol. The fourth-order valence-electron chi connectivity index (χ4n) is 4.60. The third-order valence-electron chi connectivity index (χ3n) is 6.74. The molecule has 0 atom stereocenters. The molecule has 12 heteroatoms. The second kappa shape index (κ2) is 12.4. The topological polar surface area (TPSA) is 101 Å². The van der Waals surface area contributed by atoms with Gasteiger partial charge in [0, 0.05) is 49.8 Å². The van der Waals surface area contributed by atoms with E-state index in [9.17, 15) is 0 Å². The van der Waals surface area contributed by atoms with Crippen LogP contribution < -0.4 is 20.1 Å². The van der Waals surface area contributed by atoms with Gasteiger partial charge < -0.3 is 29.9 Å². The molecular weight excluding hydrogens is 551 g/mol. The van der Waals surface area contributed by atoms with Crippen LogP contribution in [0.3, 0.4) is 0 Å². The number of hydrogen-bond donors (Lipinski definition) is 2. The summed E-state index contributed by atoms with van der Waals surface area (Å²) in [7, 11) is 3.04. The van der Waals surface area contributed by atoms with Gasteiger partial charge in [0.1, 0.15) is 33.7 Å². The van der Waals surface area contributed by atoms with Crippen LogP contribution in [-0.4, -0.2) is 70.1 Å². The van der Waals surface area contributed by atoms with Crippen molar-refractivity contribution in [2.24, 2.45) is 0 Å². The molecule has 2 N–H and O–H groups in total. The SMILES string of the molecule is C=CN1CCN(C2=CCCC(Nc3ncnc(-c4cccnc4Nc4c(Cl)c(OC)cc(OC)c4Cl)n3)=C2)CC1. The molecule has 0 bridgehead atoms. The fourth-order valence-corrected chi connectivity index (χ4v) is 5.19. The van der Waals surface area contributed by atoms with Crippen molar-refractivity contribution in [1.29, 1.82) is 0 Å². The van der Waals surface area contributed by atoms with E-state index in [-0.39, 0.29) is 0 Å². The Morgan fingerprint density at radius 3 is 2.45 bits per heavy atom. The van der Waals surface area contributed by atoms with Crippen LogP contribution in [0, 0.1) is 0 Å². The molecule has 0 saturated carbocycles. The van der Waals surface area contributed by atoms with Crippen LogP contribution in [0.15, 0.2) is 67.0 Å². The number of methoxy groups -OCH3 is 2. The minimum atomic E-state index is 0.293. The van der Waals surface area contributed by atoms with Crippen LogP contribution in [0.25, 0.3) is 11.4 Å². The molecule has 1 aliphatic heterocycles. The summed E-state index contributed by atoms with van der Waals surface area (Å²) in [6, 6.07) is 5.29. The Bertz CT molecular complexity index is 1430. The molecule has 0 spiro atoms. The van der Waals surface area contributed by atoms with Crippen LogP contribution in [0.4, 0.5) is 17.5 Å². The average Bonchev–Trinajstić information content (AvgIpc) is 3.00. The van der Waals surface area contributed by atoms with E-state index in [1.54, 1.807) is 18.3 Å². The number of rotatable bonds is 9. The van der Waals surface area contributed by atoms with E-state index in [1.165, 1.54) is 26.2 Å². The standard InChI is InChI=1S/C28H30Cl2N8O2/c1-4-37-11-13-38(14-12-37)19-8-5-7-18(15-19)34-28-33-17-32-27(36-28)20-9-6-10-31-26(20)35-25-23(29)21(39-2)16-22(40-3)24(25)30/h4,6,8-10,15-17H,1,5,7,11-14H2,2-3H3,(H,31,35)(H,32,33,34,36). The first kappa shape index (κ1) is 27.5. The number of anilines is 3. The number of pyridine rings is 1. The quantitative estimate of drug-likeness (QED) is 0.326. The van der Waals surface area contributed by atoms with Gasteiger partial charge in [0.15, 0.2) is 5.82 Å². The van der Waals surface area contributed by atoms with Crippen molar-refractivity contribution >= 4 is 40.7 Å². The van der Waals surface area contributed by atoms with Crippen LogP contribution in [-0.2, 0) is 0 Å². The van der Waals surface area contributed by atoms with E-state index in [1.807, 2.05) is 12.3 Å². The molecule has 5 rings (SSSR count). The van der Waals surface area contributed by atoms with Gasteiger partial charge in [0.2, 0.25) is 5.95 Å². The van der Waals surface area contributed by atoms with E-state index in [0.29, 0.717) is 50.4 Å². The molecule has 1 aromatic carbocycles. The maximum absolute atomic E-state index is 6.58. The van der Waals surface area contributed by atoms with Gasteiger partial charge in [0.05, 0.1) is 25.5 Å². The van der Waals surface area contributed by atoms with E-state index >= 15 is 0 Å². The van der Waals surface area contributed by atoms with Gasteiger partial charge in [-0.15, -0.1) is 0 Å². The molecule has 1 aliphatic carbocycles. The Balaban J connectivity index is 1.38. The van der Waals surface area contributed by atoms with E-state index in [0.717, 1.165) is 44.7 Å². The lowest BCUT2D eigenvalue weighted by molar-refractivity contribution is 0.208. The van der Waals surface area contributed by atoms with Gasteiger partial charge in [-0.05, 0) is 37.3 Å². The smallest absolute Gasteiger partial charge is 0.230 e. The van der Waals surface area contributed by atoms with Gasteiger partial charge in [-0.2, -0.15) is 4.98 Å². The highest BCUT2D eigenvalue weighted by atomic mass is 35.5. The zero-order valence-electron chi connectivity index (χ0n) is 22.3. The minimum absolute atomic E-state index is 0.293. The van der Waals surface area contributed by atoms with Gasteiger partial charge in [-0.1, -0.05) is 35.9 Å². The maximum atomic E-state index is 6.58. The predicted octanol–water partition coefficient (Wildman–Crippen LogP) is 5.74. The number of benzene rings is 1. The molecular formula is C28H30Cl2N8O2. The molecule has 3 aromatic rings. The molecule has 1 saturated heterocycles. The normalized spacial score (nSPS) is 15.2. The summed E-state index contributed by atoms with van der Waals surface area (Å²) in [6.07, 6.45) is 11.3. The lowest BCUT2D eigenvalue weighted by atomic mass is 10.1. The number of hydrogen-bond acceptors (Lipinski definition) is 10. The van der Waals surface area contributed by atoms with Crippen molar-refractivity contribution < 1.29 is 9.47 Å². The van der Waals surface area contributed by atoms with Crippen LogP contribution in [0.1, 0.15) is 12.8 Å². The maximum Gasteiger partial charge on any atom is 0.230 e. The van der Waals surface area contributed by atoms with Gasteiger partial charge in [0.25, 0.3) is 0 Å². The zero-order chi connectivity index (χ0) is 28.1. The van der Waals surface area contributed by atoms with Crippen molar-refractivity contribution in [2.45, 2.75) is 12.8 Å². The first-order valence-electron chi connectivity index (χ1n) is 12.8. The monoisotopic (exact) mass is 580 g/mol. The van der Waals surface area contributed by atoms with Crippen molar-refractivity contribution in [1.82, 2.24) is 29.7 Å². The van der Waals surface area contributed by atoms with Crippen molar-refractivity contribution in [2.75, 3.05) is 51.0 Å². The number of piperazine rings is 1. The highest BCUT2D eigenvalue weighted by Crippen LogP contribution is 2.45. The molecule has 0 radical (unpaired) electrons. The predicted molar refractivity (Wildman–Crippen MR) is 158 cm³/mol. The van der Waals surface area contributed by atoms with Gasteiger partial charge >= 0.3 is 0 Å². The third-order valence-corrected chi connectivity index (χ3v) is 7.49. The van der Waals surface area contributed by atoms with Crippen LogP contribution in [0.2, 0.25) is 10.0 Å². The lowest BCUT2D eigenvalue weighted by Gasteiger charge is -2.37. The third kappa shape index (κ3) is 5.93. The molecule has 0 unspecified atom stereocenters. The summed E-state index contributed by atoms with van der Waals surface area (Å²) in [5.74, 6) is 2.16. The van der Waals surface area contributed by atoms with Gasteiger partial charge in [-0.3, -0.25) is 0 Å². The summed E-state index contributed by atoms with van der Waals surface area (Å²) in [4.78, 5) is 22.6. The van der Waals surface area contributed by atoms with Gasteiger partial charge in [-0.25, -0.2) is 15.0 Å². The van der Waals surface area contributed by atoms with E-state index < -0.39 is 0 Å². The Labute approximate surface area is 243 Å². The number of halogens is 2. The van der Waals surface area contributed by atoms with Crippen molar-refractivity contribution in [3.05, 3.63) is 77.1 Å². The highest BCUT2D eigenvalue weighted by Gasteiger charge is 2.21. The molecule has 2 aromatic heterocycles. The number of allylic oxidation sites excluding steroid dienone is 3. The summed E-state index contributed by atoms with van der Waals surface area (Å²) < 4.78 is 10.8. The van der Waals surface area contributed by atoms with E-state index in [4.69, 9.17) is 32.7 Å². The fraction of sp³-hybridized carbons (Fsp3) is 0.286. The Hall–Kier alpha value is -4.02. The summed E-state index contributed by atoms with van der Waals surface area (Å²) in [6.45, 7) is 7.73. The summed E-state index contributed by atoms with van der Waals surface area (Å²) in [5.41, 5.74) is 3.30. The Morgan fingerprint density at radius 2 is 1.75 bits per heavy atom. The summed E-state index contributed by atoms with van der Waals surface area (Å²) in [5, 5.41) is 7.19. The highest BCUT2D eigenvalue weighted by molar-refractivity contribution is 6.41. The number of nitrogens with zero attached hydrogens (tertiary/aromatic N) is 6. The molecule has 10 nitrogen and oxygen atoms in total. The number of aromatic nitrogens is 4. The summed E-state index contributed by atoms with van der Waals surface area (Å²) >= 11 is 13.2. The second-order valence-corrected chi connectivity index (χ2v) is 9.87. The Morgan fingerprint density at radius 1 is 1.00 bits per heavy atom. The van der Waals surface area contributed by atoms with Crippen LogP contribution >= 0.6 is 23.2 Å². The molecule has 208 valence electrons. The molecule has 40 heavy (non-hydrogen) atoms. The first-order chi connectivity index (χ1) is 19.5. The largest absolute Gasteiger partial charge is 0.495 e. The van der Waals surface area contributed by atoms with Crippen molar-refractivity contribution in [3.63, 3.8) is 0 Å². The lowest BCUT2D eigenvalue weighted by Crippen LogP contribution is -2.43. The zero-order valence-corrected chi connectivity index (χ0v) is 23.8.